The third-order valence-electron chi connectivity index (χ3n) is 2.63. The Morgan fingerprint density at radius 2 is 1.95 bits per heavy atom. The molecule has 0 aliphatic carbocycles. The van der Waals surface area contributed by atoms with Crippen molar-refractivity contribution in [3.8, 4) is 11.1 Å². The van der Waals surface area contributed by atoms with Gasteiger partial charge < -0.3 is 5.32 Å². The number of carbonyl (C=O) groups is 1. The molecule has 20 heavy (non-hydrogen) atoms. The van der Waals surface area contributed by atoms with Crippen LogP contribution in [0.2, 0.25) is 0 Å². The van der Waals surface area contributed by atoms with Crippen molar-refractivity contribution in [1.82, 2.24) is 0 Å². The number of nitrogens with one attached hydrogen (secondary N) is 1. The molecule has 0 fully saturated rings. The number of carbonyl (C=O) groups excluding carboxylic acids is 1. The molecule has 0 unspecified atom stereocenters. The Balaban J connectivity index is 2.58. The van der Waals surface area contributed by atoms with E-state index in [1.165, 1.54) is 43.3 Å². The minimum Gasteiger partial charge on any atom is -0.326 e. The largest absolute Gasteiger partial charge is 0.326 e. The van der Waals surface area contributed by atoms with Crippen LogP contribution < -0.4 is 5.32 Å². The summed E-state index contributed by atoms with van der Waals surface area (Å²) in [4.78, 5) is 21.4. The van der Waals surface area contributed by atoms with E-state index in [2.05, 4.69) is 5.32 Å². The Morgan fingerprint density at radius 3 is 2.55 bits per heavy atom. The predicted molar refractivity (Wildman–Crippen MR) is 72.8 cm³/mol. The Morgan fingerprint density at radius 1 is 1.25 bits per heavy atom. The summed E-state index contributed by atoms with van der Waals surface area (Å²) in [5.74, 6) is -0.841. The standard InChI is InChI=1S/C14H11FN2O3/c1-9(18)16-11-6-10(7-12(8-11)17(19)20)13-4-2-3-5-14(13)15/h2-8H,1H3,(H,16,18). The van der Waals surface area contributed by atoms with Crippen molar-refractivity contribution in [3.05, 3.63) is 58.4 Å². The van der Waals surface area contributed by atoms with Crippen LogP contribution in [0.5, 0.6) is 0 Å². The Hall–Kier alpha value is -2.76. The van der Waals surface area contributed by atoms with Gasteiger partial charge in [-0.25, -0.2) is 4.39 Å². The summed E-state index contributed by atoms with van der Waals surface area (Å²) in [6.45, 7) is 1.29. The van der Waals surface area contributed by atoms with Crippen molar-refractivity contribution >= 4 is 17.3 Å². The molecule has 0 aliphatic heterocycles. The smallest absolute Gasteiger partial charge is 0.272 e. The van der Waals surface area contributed by atoms with Gasteiger partial charge in [-0.15, -0.1) is 0 Å². The van der Waals surface area contributed by atoms with Crippen molar-refractivity contribution < 1.29 is 14.1 Å². The fourth-order valence-electron chi connectivity index (χ4n) is 1.84. The van der Waals surface area contributed by atoms with Crippen molar-refractivity contribution in [3.63, 3.8) is 0 Å². The highest BCUT2D eigenvalue weighted by molar-refractivity contribution is 5.90. The average molecular weight is 274 g/mol. The number of nitrogens with zero attached hydrogens (tertiary/aromatic N) is 1. The predicted octanol–water partition coefficient (Wildman–Crippen LogP) is 3.36. The number of halogens is 1. The minimum absolute atomic E-state index is 0.213. The summed E-state index contributed by atoms with van der Waals surface area (Å²) < 4.78 is 13.7. The van der Waals surface area contributed by atoms with Gasteiger partial charge in [-0.1, -0.05) is 18.2 Å². The summed E-state index contributed by atoms with van der Waals surface area (Å²) in [7, 11) is 0. The van der Waals surface area contributed by atoms with Gasteiger partial charge in [0.05, 0.1) is 4.92 Å². The van der Waals surface area contributed by atoms with Crippen LogP contribution in [-0.4, -0.2) is 10.8 Å². The fourth-order valence-corrected chi connectivity index (χ4v) is 1.84. The maximum atomic E-state index is 13.7. The molecule has 5 nitrogen and oxygen atoms in total. The number of non-ortho nitro benzene ring substituents is 1. The molecule has 0 radical (unpaired) electrons. The first kappa shape index (κ1) is 13.7. The van der Waals surface area contributed by atoms with E-state index >= 15 is 0 Å². The molecule has 0 aromatic heterocycles. The second kappa shape index (κ2) is 5.48. The van der Waals surface area contributed by atoms with Crippen molar-refractivity contribution in [2.24, 2.45) is 0 Å². The number of nitro groups is 1. The molecule has 0 saturated heterocycles. The van der Waals surface area contributed by atoms with Crippen molar-refractivity contribution in [1.29, 1.82) is 0 Å². The number of hydrogen-bond donors (Lipinski definition) is 1. The van der Waals surface area contributed by atoms with E-state index < -0.39 is 10.7 Å². The summed E-state index contributed by atoms with van der Waals surface area (Å²) >= 11 is 0. The van der Waals surface area contributed by atoms with Crippen LogP contribution in [0.3, 0.4) is 0 Å². The van der Waals surface area contributed by atoms with E-state index in [-0.39, 0.29) is 22.8 Å². The van der Waals surface area contributed by atoms with Crippen LogP contribution in [0.4, 0.5) is 15.8 Å². The van der Waals surface area contributed by atoms with E-state index in [0.29, 0.717) is 5.56 Å². The van der Waals surface area contributed by atoms with E-state index in [4.69, 9.17) is 0 Å². The Kier molecular flexibility index (Phi) is 3.74. The number of nitro benzene ring substituents is 1. The first-order valence-electron chi connectivity index (χ1n) is 5.79. The van der Waals surface area contributed by atoms with Gasteiger partial charge in [0.1, 0.15) is 5.82 Å². The number of anilines is 1. The maximum absolute atomic E-state index is 13.7. The van der Waals surface area contributed by atoms with E-state index in [0.717, 1.165) is 0 Å². The van der Waals surface area contributed by atoms with E-state index in [1.807, 2.05) is 0 Å². The first-order valence-corrected chi connectivity index (χ1v) is 5.79. The van der Waals surface area contributed by atoms with Crippen LogP contribution >= 0.6 is 0 Å². The van der Waals surface area contributed by atoms with Crippen LogP contribution in [0.15, 0.2) is 42.5 Å². The van der Waals surface area contributed by atoms with Gasteiger partial charge in [0.2, 0.25) is 5.91 Å². The lowest BCUT2D eigenvalue weighted by molar-refractivity contribution is -0.384. The molecule has 0 atom stereocenters. The first-order chi connectivity index (χ1) is 9.47. The van der Waals surface area contributed by atoms with Crippen molar-refractivity contribution in [2.75, 3.05) is 5.32 Å². The summed E-state index contributed by atoms with van der Waals surface area (Å²) in [5.41, 5.74) is 0.614. The zero-order chi connectivity index (χ0) is 14.7. The molecular weight excluding hydrogens is 263 g/mol. The van der Waals surface area contributed by atoms with Gasteiger partial charge in [0, 0.05) is 30.3 Å². The molecule has 102 valence electrons. The fraction of sp³-hybridized carbons (Fsp3) is 0.0714. The quantitative estimate of drug-likeness (QED) is 0.689. The van der Waals surface area contributed by atoms with Crippen LogP contribution in [0.25, 0.3) is 11.1 Å². The second-order valence-electron chi connectivity index (χ2n) is 4.19. The molecule has 1 N–H and O–H groups in total. The third-order valence-corrected chi connectivity index (χ3v) is 2.63. The summed E-state index contributed by atoms with van der Waals surface area (Å²) in [6, 6.07) is 9.95. The highest BCUT2D eigenvalue weighted by atomic mass is 19.1. The van der Waals surface area contributed by atoms with Crippen molar-refractivity contribution in [2.45, 2.75) is 6.92 Å². The number of amides is 1. The molecule has 0 saturated carbocycles. The molecule has 0 aliphatic rings. The summed E-state index contributed by atoms with van der Waals surface area (Å²) in [5, 5.41) is 13.4. The molecule has 2 aromatic rings. The van der Waals surface area contributed by atoms with E-state index in [1.54, 1.807) is 6.07 Å². The van der Waals surface area contributed by atoms with Gasteiger partial charge in [-0.3, -0.25) is 14.9 Å². The number of rotatable bonds is 3. The number of benzene rings is 2. The van der Waals surface area contributed by atoms with Gasteiger partial charge in [-0.2, -0.15) is 0 Å². The number of hydrogen-bond acceptors (Lipinski definition) is 3. The Labute approximate surface area is 114 Å². The normalized spacial score (nSPS) is 10.1. The van der Waals surface area contributed by atoms with Crippen LogP contribution in [0.1, 0.15) is 6.92 Å². The van der Waals surface area contributed by atoms with Crippen LogP contribution in [-0.2, 0) is 4.79 Å². The lowest BCUT2D eigenvalue weighted by atomic mass is 10.0. The zero-order valence-electron chi connectivity index (χ0n) is 10.6. The third kappa shape index (κ3) is 2.97. The average Bonchev–Trinajstić information content (AvgIpc) is 2.38. The molecule has 6 heteroatoms. The second-order valence-corrected chi connectivity index (χ2v) is 4.19. The lowest BCUT2D eigenvalue weighted by Crippen LogP contribution is -2.06. The molecule has 0 bridgehead atoms. The molecule has 1 amide bonds. The highest BCUT2D eigenvalue weighted by Gasteiger charge is 2.13. The SMILES string of the molecule is CC(=O)Nc1cc(-c2ccccc2F)cc([N+](=O)[O-])c1. The minimum atomic E-state index is -0.588. The lowest BCUT2D eigenvalue weighted by Gasteiger charge is -2.07. The van der Waals surface area contributed by atoms with Gasteiger partial charge in [0.15, 0.2) is 0 Å². The highest BCUT2D eigenvalue weighted by Crippen LogP contribution is 2.30. The van der Waals surface area contributed by atoms with Gasteiger partial charge in [0.25, 0.3) is 5.69 Å². The maximum Gasteiger partial charge on any atom is 0.272 e. The Bertz CT molecular complexity index is 686. The molecule has 2 aromatic carbocycles. The monoisotopic (exact) mass is 274 g/mol. The van der Waals surface area contributed by atoms with Crippen LogP contribution in [0, 0.1) is 15.9 Å². The molecular formula is C14H11FN2O3. The molecule has 0 spiro atoms. The molecule has 2 rings (SSSR count). The van der Waals surface area contributed by atoms with Gasteiger partial charge >= 0.3 is 0 Å². The zero-order valence-corrected chi connectivity index (χ0v) is 10.6. The summed E-state index contributed by atoms with van der Waals surface area (Å²) in [6.07, 6.45) is 0. The topological polar surface area (TPSA) is 72.2 Å². The van der Waals surface area contributed by atoms with E-state index in [9.17, 15) is 19.3 Å². The van der Waals surface area contributed by atoms with Gasteiger partial charge in [-0.05, 0) is 17.7 Å². The molecule has 0 heterocycles.